The molecule has 1 amide bonds. The molecule has 0 bridgehead atoms. The number of amides is 1. The van der Waals surface area contributed by atoms with Crippen LogP contribution >= 0.6 is 12.2 Å². The topological polar surface area (TPSA) is 102 Å². The number of aryl methyl sites for hydroxylation is 2. The fourth-order valence-electron chi connectivity index (χ4n) is 1.42. The van der Waals surface area contributed by atoms with Gasteiger partial charge in [-0.25, -0.2) is 9.97 Å². The highest BCUT2D eigenvalue weighted by molar-refractivity contribution is 7.80. The number of methoxy groups -OCH3 is 1. The monoisotopic (exact) mass is 283 g/mol. The zero-order valence-electron chi connectivity index (χ0n) is 11.1. The Hall–Kier alpha value is -1.96. The van der Waals surface area contributed by atoms with Crippen LogP contribution in [0.2, 0.25) is 0 Å². The number of carbonyl (C=O) groups is 1. The minimum absolute atomic E-state index is 0.104. The molecule has 1 heterocycles. The number of nitrogens with one attached hydrogen (secondary N) is 2. The fourth-order valence-corrected chi connectivity index (χ4v) is 1.56. The van der Waals surface area contributed by atoms with Gasteiger partial charge < -0.3 is 21.1 Å². The summed E-state index contributed by atoms with van der Waals surface area (Å²) in [5.41, 5.74) is 6.94. The SMILES string of the molecule is COC(=S)NC(CNc1nc(C)cc(C)n1)C(N)=O. The van der Waals surface area contributed by atoms with E-state index in [-0.39, 0.29) is 11.7 Å². The molecule has 0 aromatic carbocycles. The molecule has 0 aliphatic carbocycles. The van der Waals surface area contributed by atoms with E-state index < -0.39 is 11.9 Å². The second-order valence-corrected chi connectivity index (χ2v) is 4.32. The van der Waals surface area contributed by atoms with E-state index in [0.717, 1.165) is 11.4 Å². The van der Waals surface area contributed by atoms with Crippen LogP contribution in [0.5, 0.6) is 0 Å². The lowest BCUT2D eigenvalue weighted by atomic mass is 10.3. The zero-order chi connectivity index (χ0) is 14.4. The van der Waals surface area contributed by atoms with Gasteiger partial charge in [0.2, 0.25) is 11.9 Å². The third-order valence-electron chi connectivity index (χ3n) is 2.27. The highest BCUT2D eigenvalue weighted by atomic mass is 32.1. The van der Waals surface area contributed by atoms with E-state index in [4.69, 9.17) is 22.7 Å². The molecular weight excluding hydrogens is 266 g/mol. The molecule has 0 saturated carbocycles. The molecule has 0 aliphatic heterocycles. The number of primary amides is 1. The normalized spacial score (nSPS) is 11.5. The average Bonchev–Trinajstić information content (AvgIpc) is 2.32. The Balaban J connectivity index is 2.65. The highest BCUT2D eigenvalue weighted by Crippen LogP contribution is 2.03. The molecule has 8 heteroatoms. The summed E-state index contributed by atoms with van der Waals surface area (Å²) in [6, 6.07) is 1.16. The van der Waals surface area contributed by atoms with Crippen molar-refractivity contribution in [2.24, 2.45) is 5.73 Å². The van der Waals surface area contributed by atoms with Crippen LogP contribution in [0.25, 0.3) is 0 Å². The molecular formula is C11H17N5O2S. The molecule has 1 atom stereocenters. The predicted molar refractivity (Wildman–Crippen MR) is 75.7 cm³/mol. The Morgan fingerprint density at radius 3 is 2.53 bits per heavy atom. The number of aromatic nitrogens is 2. The third-order valence-corrected chi connectivity index (χ3v) is 2.55. The number of nitrogens with two attached hydrogens (primary N) is 1. The maximum atomic E-state index is 11.3. The van der Waals surface area contributed by atoms with E-state index >= 15 is 0 Å². The van der Waals surface area contributed by atoms with E-state index in [1.807, 2.05) is 19.9 Å². The Morgan fingerprint density at radius 1 is 1.47 bits per heavy atom. The van der Waals surface area contributed by atoms with Crippen molar-refractivity contribution >= 4 is 29.2 Å². The first-order valence-corrected chi connectivity index (χ1v) is 6.03. The maximum Gasteiger partial charge on any atom is 0.257 e. The van der Waals surface area contributed by atoms with Crippen molar-refractivity contribution in [3.63, 3.8) is 0 Å². The van der Waals surface area contributed by atoms with Gasteiger partial charge in [0.05, 0.1) is 7.11 Å². The Bertz CT molecular complexity index is 460. The molecule has 0 aliphatic rings. The van der Waals surface area contributed by atoms with Crippen LogP contribution in [0.3, 0.4) is 0 Å². The van der Waals surface area contributed by atoms with E-state index in [0.29, 0.717) is 5.95 Å². The van der Waals surface area contributed by atoms with E-state index in [2.05, 4.69) is 20.6 Å². The van der Waals surface area contributed by atoms with Crippen LogP contribution in [0.4, 0.5) is 5.95 Å². The van der Waals surface area contributed by atoms with Crippen molar-refractivity contribution in [2.75, 3.05) is 19.0 Å². The lowest BCUT2D eigenvalue weighted by Gasteiger charge is -2.17. The number of carbonyl (C=O) groups excluding carboxylic acids is 1. The van der Waals surface area contributed by atoms with Crippen molar-refractivity contribution in [1.29, 1.82) is 0 Å². The van der Waals surface area contributed by atoms with Gasteiger partial charge in [0.15, 0.2) is 0 Å². The van der Waals surface area contributed by atoms with Crippen LogP contribution in [0, 0.1) is 13.8 Å². The third kappa shape index (κ3) is 5.04. The number of hydrogen-bond acceptors (Lipinski definition) is 6. The van der Waals surface area contributed by atoms with Crippen LogP contribution < -0.4 is 16.4 Å². The number of anilines is 1. The van der Waals surface area contributed by atoms with Crippen molar-refractivity contribution < 1.29 is 9.53 Å². The van der Waals surface area contributed by atoms with Crippen LogP contribution in [-0.2, 0) is 9.53 Å². The van der Waals surface area contributed by atoms with Gasteiger partial charge in [-0.05, 0) is 32.1 Å². The minimum atomic E-state index is -0.697. The molecule has 1 aromatic rings. The van der Waals surface area contributed by atoms with Crippen molar-refractivity contribution in [1.82, 2.24) is 15.3 Å². The predicted octanol–water partition coefficient (Wildman–Crippen LogP) is -0.120. The highest BCUT2D eigenvalue weighted by Gasteiger charge is 2.16. The Kier molecular flexibility index (Phi) is 5.43. The number of ether oxygens (including phenoxy) is 1. The van der Waals surface area contributed by atoms with Gasteiger partial charge in [-0.3, -0.25) is 4.79 Å². The van der Waals surface area contributed by atoms with Crippen molar-refractivity contribution in [2.45, 2.75) is 19.9 Å². The fraction of sp³-hybridized carbons (Fsp3) is 0.455. The second-order valence-electron chi connectivity index (χ2n) is 3.95. The summed E-state index contributed by atoms with van der Waals surface area (Å²) in [5.74, 6) is -0.106. The summed E-state index contributed by atoms with van der Waals surface area (Å²) in [7, 11) is 1.41. The number of rotatable bonds is 5. The maximum absolute atomic E-state index is 11.3. The lowest BCUT2D eigenvalue weighted by molar-refractivity contribution is -0.119. The number of nitrogens with zero attached hydrogens (tertiary/aromatic N) is 2. The summed E-state index contributed by atoms with van der Waals surface area (Å²) in [4.78, 5) is 19.7. The van der Waals surface area contributed by atoms with E-state index in [1.54, 1.807) is 0 Å². The molecule has 4 N–H and O–H groups in total. The summed E-state index contributed by atoms with van der Waals surface area (Å²) in [6.45, 7) is 3.94. The van der Waals surface area contributed by atoms with Gasteiger partial charge in [0, 0.05) is 17.9 Å². The largest absolute Gasteiger partial charge is 0.474 e. The van der Waals surface area contributed by atoms with E-state index in [9.17, 15) is 4.79 Å². The van der Waals surface area contributed by atoms with Crippen LogP contribution in [0.15, 0.2) is 6.07 Å². The average molecular weight is 283 g/mol. The number of thiocarbonyl (C=S) groups is 1. The van der Waals surface area contributed by atoms with Crippen LogP contribution in [0.1, 0.15) is 11.4 Å². The summed E-state index contributed by atoms with van der Waals surface area (Å²) in [5, 5.41) is 5.72. The molecule has 104 valence electrons. The molecule has 0 saturated heterocycles. The molecule has 0 spiro atoms. The molecule has 0 fully saturated rings. The van der Waals surface area contributed by atoms with Crippen molar-refractivity contribution in [3.8, 4) is 0 Å². The molecule has 7 nitrogen and oxygen atoms in total. The Labute approximate surface area is 116 Å². The summed E-state index contributed by atoms with van der Waals surface area (Å²) in [6.07, 6.45) is 0. The minimum Gasteiger partial charge on any atom is -0.474 e. The van der Waals surface area contributed by atoms with Crippen LogP contribution in [-0.4, -0.2) is 40.7 Å². The molecule has 1 unspecified atom stereocenters. The van der Waals surface area contributed by atoms with Gasteiger partial charge in [-0.1, -0.05) is 0 Å². The van der Waals surface area contributed by atoms with Gasteiger partial charge in [-0.15, -0.1) is 0 Å². The standard InChI is InChI=1S/C11H17N5O2S/c1-6-4-7(2)15-10(14-6)13-5-8(9(12)17)16-11(19)18-3/h4,8H,5H2,1-3H3,(H2,12,17)(H,16,19)(H,13,14,15). The summed E-state index contributed by atoms with van der Waals surface area (Å²) < 4.78 is 4.77. The Morgan fingerprint density at radius 2 is 2.05 bits per heavy atom. The molecule has 1 rings (SSSR count). The second kappa shape index (κ2) is 6.83. The molecule has 1 aromatic heterocycles. The van der Waals surface area contributed by atoms with Gasteiger partial charge in [0.25, 0.3) is 5.17 Å². The first kappa shape index (κ1) is 15.1. The molecule has 0 radical (unpaired) electrons. The van der Waals surface area contributed by atoms with E-state index in [1.165, 1.54) is 7.11 Å². The number of hydrogen-bond donors (Lipinski definition) is 3. The smallest absolute Gasteiger partial charge is 0.257 e. The molecule has 19 heavy (non-hydrogen) atoms. The quantitative estimate of drug-likeness (QED) is 0.647. The van der Waals surface area contributed by atoms with Gasteiger partial charge in [-0.2, -0.15) is 0 Å². The van der Waals surface area contributed by atoms with Gasteiger partial charge in [0.1, 0.15) is 6.04 Å². The lowest BCUT2D eigenvalue weighted by Crippen LogP contribution is -2.48. The zero-order valence-corrected chi connectivity index (χ0v) is 11.9. The summed E-state index contributed by atoms with van der Waals surface area (Å²) >= 11 is 4.82. The van der Waals surface area contributed by atoms with Gasteiger partial charge >= 0.3 is 0 Å². The first-order valence-electron chi connectivity index (χ1n) is 5.62. The first-order chi connectivity index (χ1) is 8.92. The van der Waals surface area contributed by atoms with Crippen molar-refractivity contribution in [3.05, 3.63) is 17.5 Å².